The van der Waals surface area contributed by atoms with E-state index in [2.05, 4.69) is 12.1 Å². The standard InChI is InChI=1S/C12H18ClNSi/c13-15(14,11-7-3-1-4-8-11)12-9-5-2-6-10-12/h1,3-4,7-8,12H,2,5-6,9-10,14H2. The fraction of sp³-hybridized carbons (Fsp3) is 0.500. The van der Waals surface area contributed by atoms with Gasteiger partial charge < -0.3 is 5.40 Å². The molecular formula is C12H18ClNSi. The maximum atomic E-state index is 6.66. The second kappa shape index (κ2) is 4.68. The molecule has 0 heterocycles. The number of nitrogens with two attached hydrogens (primary N) is 1. The van der Waals surface area contributed by atoms with Gasteiger partial charge in [0.1, 0.15) is 0 Å². The van der Waals surface area contributed by atoms with Gasteiger partial charge in [-0.2, -0.15) is 0 Å². The van der Waals surface area contributed by atoms with Crippen LogP contribution in [-0.2, 0) is 0 Å². The van der Waals surface area contributed by atoms with Gasteiger partial charge in [0.15, 0.2) is 0 Å². The van der Waals surface area contributed by atoms with Gasteiger partial charge in [-0.25, -0.2) is 0 Å². The molecule has 1 saturated carbocycles. The molecule has 0 aromatic heterocycles. The fourth-order valence-corrected chi connectivity index (χ4v) is 5.91. The van der Waals surface area contributed by atoms with Crippen LogP contribution in [0.2, 0.25) is 5.54 Å². The summed E-state index contributed by atoms with van der Waals surface area (Å²) in [6.45, 7) is 0. The van der Waals surface area contributed by atoms with Gasteiger partial charge in [-0.15, -0.1) is 11.1 Å². The van der Waals surface area contributed by atoms with Crippen molar-refractivity contribution in [2.24, 2.45) is 5.40 Å². The van der Waals surface area contributed by atoms with Crippen LogP contribution in [0.3, 0.4) is 0 Å². The number of benzene rings is 1. The van der Waals surface area contributed by atoms with Crippen molar-refractivity contribution < 1.29 is 0 Å². The first-order valence-corrected chi connectivity index (χ1v) is 8.91. The third-order valence-electron chi connectivity index (χ3n) is 3.42. The van der Waals surface area contributed by atoms with Crippen LogP contribution >= 0.6 is 11.1 Å². The average Bonchev–Trinajstić information content (AvgIpc) is 2.31. The Balaban J connectivity index is 2.18. The van der Waals surface area contributed by atoms with Gasteiger partial charge in [0.05, 0.1) is 0 Å². The molecule has 0 spiro atoms. The van der Waals surface area contributed by atoms with E-state index in [0.717, 1.165) is 0 Å². The normalized spacial score (nSPS) is 22.3. The topological polar surface area (TPSA) is 26.0 Å². The zero-order valence-corrected chi connectivity index (χ0v) is 10.7. The summed E-state index contributed by atoms with van der Waals surface area (Å²) in [6.07, 6.45) is 6.40. The SMILES string of the molecule is N[Si](Cl)(c1ccccc1)C1CCCCC1. The second-order valence-corrected chi connectivity index (χ2v) is 9.28. The molecule has 1 aliphatic rings. The number of hydrogen-bond acceptors (Lipinski definition) is 1. The van der Waals surface area contributed by atoms with E-state index in [1.165, 1.54) is 37.3 Å². The van der Waals surface area contributed by atoms with Gasteiger partial charge in [0.2, 0.25) is 0 Å². The predicted octanol–water partition coefficient (Wildman–Crippen LogP) is 2.87. The van der Waals surface area contributed by atoms with E-state index >= 15 is 0 Å². The van der Waals surface area contributed by atoms with E-state index in [-0.39, 0.29) is 0 Å². The van der Waals surface area contributed by atoms with Crippen LogP contribution in [0.5, 0.6) is 0 Å². The van der Waals surface area contributed by atoms with Crippen LogP contribution in [0.25, 0.3) is 0 Å². The molecule has 0 bridgehead atoms. The van der Waals surface area contributed by atoms with Crippen molar-refractivity contribution in [2.45, 2.75) is 37.6 Å². The Morgan fingerprint density at radius 2 is 1.67 bits per heavy atom. The molecule has 1 aromatic carbocycles. The first kappa shape index (κ1) is 11.2. The van der Waals surface area contributed by atoms with Crippen LogP contribution in [0.1, 0.15) is 32.1 Å². The van der Waals surface area contributed by atoms with E-state index in [9.17, 15) is 0 Å². The highest BCUT2D eigenvalue weighted by Crippen LogP contribution is 2.35. The lowest BCUT2D eigenvalue weighted by Crippen LogP contribution is -2.56. The zero-order valence-electron chi connectivity index (χ0n) is 8.95. The van der Waals surface area contributed by atoms with Crippen molar-refractivity contribution in [3.05, 3.63) is 30.3 Å². The summed E-state index contributed by atoms with van der Waals surface area (Å²) in [5.74, 6) is 0. The van der Waals surface area contributed by atoms with Gasteiger partial charge in [0.25, 0.3) is 7.55 Å². The highest BCUT2D eigenvalue weighted by Gasteiger charge is 2.38. The summed E-state index contributed by atoms with van der Waals surface area (Å²) >= 11 is 6.66. The van der Waals surface area contributed by atoms with Crippen molar-refractivity contribution in [3.8, 4) is 0 Å². The third-order valence-corrected chi connectivity index (χ3v) is 7.98. The maximum absolute atomic E-state index is 6.66. The Morgan fingerprint density at radius 1 is 1.07 bits per heavy atom. The molecule has 82 valence electrons. The molecule has 0 amide bonds. The molecule has 1 unspecified atom stereocenters. The molecule has 2 rings (SSSR count). The van der Waals surface area contributed by atoms with E-state index in [1.54, 1.807) is 0 Å². The highest BCUT2D eigenvalue weighted by atomic mass is 35.6. The maximum Gasteiger partial charge on any atom is 0.258 e. The summed E-state index contributed by atoms with van der Waals surface area (Å²) in [6, 6.07) is 10.3. The summed E-state index contributed by atoms with van der Waals surface area (Å²) in [5.41, 5.74) is 0.565. The van der Waals surface area contributed by atoms with Crippen LogP contribution in [0.4, 0.5) is 0 Å². The Hall–Kier alpha value is -0.313. The lowest BCUT2D eigenvalue weighted by molar-refractivity contribution is 0.496. The summed E-state index contributed by atoms with van der Waals surface area (Å²) in [4.78, 5) is 0. The minimum Gasteiger partial charge on any atom is -0.335 e. The van der Waals surface area contributed by atoms with Gasteiger partial charge in [0, 0.05) is 0 Å². The molecule has 2 N–H and O–H groups in total. The Kier molecular flexibility index (Phi) is 3.49. The molecule has 1 atom stereocenters. The quantitative estimate of drug-likeness (QED) is 0.624. The van der Waals surface area contributed by atoms with Gasteiger partial charge in [-0.3, -0.25) is 0 Å². The zero-order chi connectivity index (χ0) is 10.7. The Labute approximate surface area is 97.4 Å². The summed E-state index contributed by atoms with van der Waals surface area (Å²) in [7, 11) is -2.21. The molecule has 3 heteroatoms. The van der Waals surface area contributed by atoms with E-state index in [0.29, 0.717) is 5.54 Å². The molecule has 15 heavy (non-hydrogen) atoms. The first-order valence-electron chi connectivity index (χ1n) is 5.74. The number of hydrogen-bond donors (Lipinski definition) is 1. The van der Waals surface area contributed by atoms with Crippen LogP contribution in [0, 0.1) is 0 Å². The van der Waals surface area contributed by atoms with Crippen molar-refractivity contribution in [1.82, 2.24) is 0 Å². The van der Waals surface area contributed by atoms with Crippen molar-refractivity contribution in [2.75, 3.05) is 0 Å². The largest absolute Gasteiger partial charge is 0.335 e. The molecule has 1 aliphatic carbocycles. The third kappa shape index (κ3) is 2.44. The van der Waals surface area contributed by atoms with Crippen LogP contribution < -0.4 is 10.6 Å². The fourth-order valence-electron chi connectivity index (χ4n) is 2.45. The number of halogens is 1. The first-order chi connectivity index (χ1) is 7.21. The molecule has 1 nitrogen and oxygen atoms in total. The predicted molar refractivity (Wildman–Crippen MR) is 68.7 cm³/mol. The monoisotopic (exact) mass is 239 g/mol. The van der Waals surface area contributed by atoms with E-state index in [1.807, 2.05) is 18.2 Å². The highest BCUT2D eigenvalue weighted by molar-refractivity contribution is 7.26. The molecular weight excluding hydrogens is 222 g/mol. The van der Waals surface area contributed by atoms with Gasteiger partial charge in [-0.05, 0) is 10.7 Å². The van der Waals surface area contributed by atoms with Crippen molar-refractivity contribution in [3.63, 3.8) is 0 Å². The Morgan fingerprint density at radius 3 is 2.27 bits per heavy atom. The van der Waals surface area contributed by atoms with E-state index < -0.39 is 7.55 Å². The van der Waals surface area contributed by atoms with E-state index in [4.69, 9.17) is 16.5 Å². The van der Waals surface area contributed by atoms with Gasteiger partial charge >= 0.3 is 0 Å². The Bertz CT molecular complexity index is 307. The lowest BCUT2D eigenvalue weighted by Gasteiger charge is -2.32. The van der Waals surface area contributed by atoms with Gasteiger partial charge in [-0.1, -0.05) is 62.4 Å². The molecule has 1 aromatic rings. The van der Waals surface area contributed by atoms with Crippen molar-refractivity contribution >= 4 is 23.8 Å². The second-order valence-electron chi connectivity index (χ2n) is 4.47. The molecule has 0 radical (unpaired) electrons. The lowest BCUT2D eigenvalue weighted by atomic mass is 10.0. The van der Waals surface area contributed by atoms with Crippen LogP contribution in [-0.4, -0.2) is 7.55 Å². The molecule has 0 aliphatic heterocycles. The van der Waals surface area contributed by atoms with Crippen molar-refractivity contribution in [1.29, 1.82) is 0 Å². The minimum atomic E-state index is -2.21. The smallest absolute Gasteiger partial charge is 0.258 e. The molecule has 0 saturated heterocycles. The molecule has 1 fully saturated rings. The van der Waals surface area contributed by atoms with Crippen LogP contribution in [0.15, 0.2) is 30.3 Å². The average molecular weight is 240 g/mol. The minimum absolute atomic E-state index is 0.565. The summed E-state index contributed by atoms with van der Waals surface area (Å²) < 4.78 is 0. The summed E-state index contributed by atoms with van der Waals surface area (Å²) in [5, 5.41) is 7.61. The number of rotatable bonds is 2.